The van der Waals surface area contributed by atoms with Crippen molar-refractivity contribution in [2.75, 3.05) is 0 Å². The maximum absolute atomic E-state index is 8.14. The molecule has 27 valence electrons. The van der Waals surface area contributed by atoms with E-state index in [2.05, 4.69) is 10.2 Å². The van der Waals surface area contributed by atoms with Crippen molar-refractivity contribution in [1.82, 2.24) is 0 Å². The van der Waals surface area contributed by atoms with Gasteiger partial charge in [0.2, 0.25) is 0 Å². The van der Waals surface area contributed by atoms with Gasteiger partial charge in [-0.05, 0) is 6.92 Å². The van der Waals surface area contributed by atoms with Crippen molar-refractivity contribution in [3.8, 4) is 0 Å². The first kappa shape index (κ1) is 4.76. The molecule has 0 heterocycles. The minimum absolute atomic E-state index is 0.185. The Morgan fingerprint density at radius 1 is 2.00 bits per heavy atom. The molecule has 0 unspecified atom stereocenters. The summed E-state index contributed by atoms with van der Waals surface area (Å²) in [5, 5.41) is 8.32. The van der Waals surface area contributed by atoms with E-state index in [9.17, 15) is 0 Å². The van der Waals surface area contributed by atoms with Crippen LogP contribution in [0.2, 0.25) is 0 Å². The number of rotatable bonds is 0. The molecule has 0 aromatic carbocycles. The maximum atomic E-state index is 8.14. The zero-order valence-electron chi connectivity index (χ0n) is 3.02. The molecule has 0 aromatic rings. The Balaban J connectivity index is 3.14. The molecular weight excluding hydrogens is 80.1 g/mol. The van der Waals surface area contributed by atoms with E-state index in [1.807, 2.05) is 0 Å². The number of hydrogen-bond acceptors (Lipinski definition) is 1. The minimum Gasteiger partial charge on any atom is -0.519 e. The number of aliphatic hydroxyl groups is 1. The van der Waals surface area contributed by atoms with Crippen LogP contribution in [0.4, 0.5) is 0 Å². The van der Waals surface area contributed by atoms with Crippen molar-refractivity contribution in [2.24, 2.45) is 0 Å². The Hall–Kier alpha value is -0.243. The molecule has 2 heteroatoms. The minimum atomic E-state index is 0.185. The van der Waals surface area contributed by atoms with E-state index < -0.39 is 0 Å². The van der Waals surface area contributed by atoms with E-state index in [0.717, 1.165) is 0 Å². The van der Waals surface area contributed by atoms with Gasteiger partial charge < -0.3 is 5.11 Å². The molecule has 0 spiro atoms. The zero-order chi connectivity index (χ0) is 4.28. The van der Waals surface area contributed by atoms with Crippen molar-refractivity contribution in [3.63, 3.8) is 0 Å². The highest BCUT2D eigenvalue weighted by atomic mass is 28.1. The molecule has 3 radical (unpaired) electrons. The topological polar surface area (TPSA) is 20.2 Å². The fourth-order valence-electron chi connectivity index (χ4n) is 0. The third-order valence-corrected chi connectivity index (χ3v) is 0.562. The molecule has 0 saturated carbocycles. The molecule has 0 atom stereocenters. The van der Waals surface area contributed by atoms with Crippen LogP contribution >= 0.6 is 0 Å². The summed E-state index contributed by atoms with van der Waals surface area (Å²) >= 11 is 0. The molecule has 5 heavy (non-hydrogen) atoms. The predicted molar refractivity (Wildman–Crippen MR) is 22.1 cm³/mol. The van der Waals surface area contributed by atoms with Crippen molar-refractivity contribution in [3.05, 3.63) is 11.5 Å². The Kier molecular flexibility index (Phi) is 1.92. The van der Waals surface area contributed by atoms with Gasteiger partial charge in [0, 0.05) is 0 Å². The summed E-state index contributed by atoms with van der Waals surface area (Å²) in [7, 11) is 2.83. The van der Waals surface area contributed by atoms with Crippen LogP contribution in [0.5, 0.6) is 0 Å². The fraction of sp³-hybridized carbons (Fsp3) is 0.333. The summed E-state index contributed by atoms with van der Waals surface area (Å²) in [5.41, 5.74) is 0. The van der Waals surface area contributed by atoms with Crippen LogP contribution in [-0.4, -0.2) is 15.3 Å². The molecule has 0 fully saturated rings. The van der Waals surface area contributed by atoms with Gasteiger partial charge in [-0.1, -0.05) is 6.08 Å². The van der Waals surface area contributed by atoms with Gasteiger partial charge in [0.05, 0.1) is 5.38 Å². The molecule has 0 amide bonds. The molecule has 0 aliphatic carbocycles. The molecule has 0 rings (SSSR count). The van der Waals surface area contributed by atoms with Crippen LogP contribution in [0.3, 0.4) is 0 Å². The van der Waals surface area contributed by atoms with Crippen molar-refractivity contribution in [1.29, 1.82) is 0 Å². The van der Waals surface area contributed by atoms with Gasteiger partial charge in [-0.25, -0.2) is 0 Å². The van der Waals surface area contributed by atoms with Crippen LogP contribution in [0.25, 0.3) is 0 Å². The normalized spacial score (nSPS) is 12.0. The van der Waals surface area contributed by atoms with Gasteiger partial charge in [-0.3, -0.25) is 0 Å². The Bertz CT molecular complexity index is 44.9. The van der Waals surface area contributed by atoms with Crippen LogP contribution in [0.15, 0.2) is 11.5 Å². The van der Waals surface area contributed by atoms with Crippen LogP contribution in [0, 0.1) is 0 Å². The van der Waals surface area contributed by atoms with E-state index in [0.29, 0.717) is 0 Å². The second-order valence-corrected chi connectivity index (χ2v) is 1.19. The molecule has 0 aliphatic heterocycles. The average molecular weight is 85.2 g/mol. The third-order valence-electron chi connectivity index (χ3n) is 0.273. The van der Waals surface area contributed by atoms with Crippen LogP contribution in [0.1, 0.15) is 6.92 Å². The number of hydrogen-bond donors (Lipinski definition) is 1. The number of aliphatic hydroxyl groups excluding tert-OH is 1. The summed E-state index contributed by atoms with van der Waals surface area (Å²) in [5.74, 6) is 0. The first-order chi connectivity index (χ1) is 2.27. The first-order valence-corrected chi connectivity index (χ1v) is 1.84. The molecule has 0 saturated heterocycles. The molecular formula is C3H5OSi. The summed E-state index contributed by atoms with van der Waals surface area (Å²) < 4.78 is 0. The highest BCUT2D eigenvalue weighted by Gasteiger charge is 1.64. The Morgan fingerprint density at radius 2 is 2.20 bits per heavy atom. The highest BCUT2D eigenvalue weighted by molar-refractivity contribution is 6.19. The van der Waals surface area contributed by atoms with Crippen LogP contribution in [-0.2, 0) is 0 Å². The van der Waals surface area contributed by atoms with E-state index in [4.69, 9.17) is 5.11 Å². The monoisotopic (exact) mass is 85.0 g/mol. The maximum Gasteiger partial charge on any atom is 0.124 e. The molecule has 0 aromatic heterocycles. The summed E-state index contributed by atoms with van der Waals surface area (Å²) in [6.45, 7) is 1.74. The van der Waals surface area contributed by atoms with Crippen molar-refractivity contribution in [2.45, 2.75) is 6.92 Å². The van der Waals surface area contributed by atoms with Gasteiger partial charge >= 0.3 is 0 Å². The summed E-state index contributed by atoms with van der Waals surface area (Å²) in [4.78, 5) is 0. The van der Waals surface area contributed by atoms with Gasteiger partial charge in [0.1, 0.15) is 10.2 Å². The zero-order valence-corrected chi connectivity index (χ0v) is 4.02. The lowest BCUT2D eigenvalue weighted by molar-refractivity contribution is 0.451. The van der Waals surface area contributed by atoms with Gasteiger partial charge in [-0.15, -0.1) is 0 Å². The molecule has 0 bridgehead atoms. The molecule has 1 N–H and O–H groups in total. The van der Waals surface area contributed by atoms with Crippen molar-refractivity contribution >= 4 is 10.2 Å². The van der Waals surface area contributed by atoms with E-state index >= 15 is 0 Å². The average Bonchev–Trinajstić information content (AvgIpc) is 1.38. The summed E-state index contributed by atoms with van der Waals surface area (Å²) in [6, 6.07) is 0. The second kappa shape index (κ2) is 2.02. The van der Waals surface area contributed by atoms with E-state index in [1.165, 1.54) is 0 Å². The summed E-state index contributed by atoms with van der Waals surface area (Å²) in [6.07, 6.45) is 1.55. The van der Waals surface area contributed by atoms with Gasteiger partial charge in [-0.2, -0.15) is 0 Å². The second-order valence-electron chi connectivity index (χ2n) is 0.674. The lowest BCUT2D eigenvalue weighted by atomic mass is 10.7. The number of allylic oxidation sites excluding steroid dienone is 1. The van der Waals surface area contributed by atoms with E-state index in [-0.39, 0.29) is 5.38 Å². The van der Waals surface area contributed by atoms with E-state index in [1.54, 1.807) is 13.0 Å². The lowest BCUT2D eigenvalue weighted by Gasteiger charge is -1.74. The predicted octanol–water partition coefficient (Wildman–Crippen LogP) is 0.574. The fourth-order valence-corrected chi connectivity index (χ4v) is 0. The highest BCUT2D eigenvalue weighted by Crippen LogP contribution is 1.70. The molecule has 0 aliphatic rings. The van der Waals surface area contributed by atoms with Crippen LogP contribution < -0.4 is 0 Å². The Morgan fingerprint density at radius 3 is 2.20 bits per heavy atom. The lowest BCUT2D eigenvalue weighted by Crippen LogP contribution is -1.70. The van der Waals surface area contributed by atoms with Crippen molar-refractivity contribution < 1.29 is 5.11 Å². The standard InChI is InChI=1S/C3H5OSi/c1-2-3(4)5/h2,4H,1H3/b3-2+. The first-order valence-electron chi connectivity index (χ1n) is 1.34. The molecule has 1 nitrogen and oxygen atoms in total. The SMILES string of the molecule is C/C=C(\O)[Si]. The Labute approximate surface area is 34.7 Å². The smallest absolute Gasteiger partial charge is 0.124 e. The third kappa shape index (κ3) is 3.76. The van der Waals surface area contributed by atoms with Gasteiger partial charge in [0.15, 0.2) is 0 Å². The largest absolute Gasteiger partial charge is 0.519 e. The quantitative estimate of drug-likeness (QED) is 0.337. The van der Waals surface area contributed by atoms with Gasteiger partial charge in [0.25, 0.3) is 0 Å².